The van der Waals surface area contributed by atoms with Gasteiger partial charge in [-0.15, -0.1) is 5.10 Å². The van der Waals surface area contributed by atoms with Crippen LogP contribution >= 0.6 is 27.5 Å². The van der Waals surface area contributed by atoms with Crippen molar-refractivity contribution in [1.82, 2.24) is 20.2 Å². The van der Waals surface area contributed by atoms with Crippen molar-refractivity contribution in [3.8, 4) is 17.1 Å². The molecule has 2 aromatic carbocycles. The fraction of sp³-hybridized carbons (Fsp3) is 0.0714. The number of aromatic nitrogens is 4. The molecular formula is C14H11BrClN5. The largest absolute Gasteiger partial charge is 0.399 e. The van der Waals surface area contributed by atoms with Gasteiger partial charge in [0.05, 0.1) is 10.7 Å². The van der Waals surface area contributed by atoms with Crippen LogP contribution in [0, 0.1) is 6.92 Å². The van der Waals surface area contributed by atoms with Crippen LogP contribution < -0.4 is 5.73 Å². The van der Waals surface area contributed by atoms with Gasteiger partial charge in [-0.2, -0.15) is 4.68 Å². The summed E-state index contributed by atoms with van der Waals surface area (Å²) in [4.78, 5) is 0. The number of nitrogens with two attached hydrogens (primary N) is 1. The molecule has 0 spiro atoms. The number of rotatable bonds is 2. The summed E-state index contributed by atoms with van der Waals surface area (Å²) in [6, 6.07) is 11.2. The number of tetrazole rings is 1. The zero-order valence-electron chi connectivity index (χ0n) is 11.1. The third-order valence-electron chi connectivity index (χ3n) is 3.10. The molecule has 5 nitrogen and oxygen atoms in total. The van der Waals surface area contributed by atoms with E-state index in [-0.39, 0.29) is 0 Å². The quantitative estimate of drug-likeness (QED) is 0.705. The molecule has 7 heteroatoms. The number of nitrogen functional groups attached to an aromatic ring is 1. The van der Waals surface area contributed by atoms with Crippen molar-refractivity contribution in [1.29, 1.82) is 0 Å². The Kier molecular flexibility index (Phi) is 3.65. The maximum absolute atomic E-state index is 6.24. The highest BCUT2D eigenvalue weighted by molar-refractivity contribution is 9.10. The summed E-state index contributed by atoms with van der Waals surface area (Å²) in [5.41, 5.74) is 9.03. The van der Waals surface area contributed by atoms with Crippen LogP contribution in [0.1, 0.15) is 5.56 Å². The summed E-state index contributed by atoms with van der Waals surface area (Å²) < 4.78 is 2.63. The van der Waals surface area contributed by atoms with E-state index in [9.17, 15) is 0 Å². The normalized spacial score (nSPS) is 10.8. The molecule has 0 saturated carbocycles. The summed E-state index contributed by atoms with van der Waals surface area (Å²) >= 11 is 9.75. The zero-order chi connectivity index (χ0) is 15.0. The third-order valence-corrected chi connectivity index (χ3v) is 4.27. The standard InChI is InChI=1S/C14H11BrClN5/c1-8-2-4-10(7-12(8)15)21-14(18-19-20-21)11-5-3-9(17)6-13(11)16/h2-7H,17H2,1H3. The van der Waals surface area contributed by atoms with Crippen LogP contribution in [0.5, 0.6) is 0 Å². The molecule has 2 N–H and O–H groups in total. The van der Waals surface area contributed by atoms with Crippen molar-refractivity contribution in [3.63, 3.8) is 0 Å². The van der Waals surface area contributed by atoms with Gasteiger partial charge in [0.1, 0.15) is 0 Å². The topological polar surface area (TPSA) is 69.6 Å². The van der Waals surface area contributed by atoms with Crippen molar-refractivity contribution in [3.05, 3.63) is 51.5 Å². The monoisotopic (exact) mass is 363 g/mol. The predicted octanol–water partition coefficient (Wildman–Crippen LogP) is 3.64. The highest BCUT2D eigenvalue weighted by Crippen LogP contribution is 2.29. The summed E-state index contributed by atoms with van der Waals surface area (Å²) in [6.45, 7) is 2.02. The average molecular weight is 365 g/mol. The maximum atomic E-state index is 6.24. The molecule has 0 atom stereocenters. The van der Waals surface area contributed by atoms with Gasteiger partial charge in [-0.25, -0.2) is 0 Å². The highest BCUT2D eigenvalue weighted by atomic mass is 79.9. The van der Waals surface area contributed by atoms with Crippen LogP contribution in [-0.2, 0) is 0 Å². The molecule has 0 fully saturated rings. The van der Waals surface area contributed by atoms with Crippen LogP contribution in [0.4, 0.5) is 5.69 Å². The van der Waals surface area contributed by atoms with E-state index in [1.807, 2.05) is 31.2 Å². The molecule has 0 aliphatic rings. The van der Waals surface area contributed by atoms with Crippen LogP contribution in [0.25, 0.3) is 17.1 Å². The lowest BCUT2D eigenvalue weighted by Gasteiger charge is -2.08. The average Bonchev–Trinajstić information content (AvgIpc) is 2.91. The van der Waals surface area contributed by atoms with Gasteiger partial charge in [0, 0.05) is 15.7 Å². The Bertz CT molecular complexity index is 815. The Morgan fingerprint density at radius 1 is 1.19 bits per heavy atom. The first-order valence-corrected chi connectivity index (χ1v) is 7.33. The zero-order valence-corrected chi connectivity index (χ0v) is 13.4. The summed E-state index contributed by atoms with van der Waals surface area (Å²) in [7, 11) is 0. The van der Waals surface area contributed by atoms with E-state index in [1.54, 1.807) is 16.8 Å². The van der Waals surface area contributed by atoms with Crippen molar-refractivity contribution in [2.45, 2.75) is 6.92 Å². The minimum atomic E-state index is 0.511. The molecule has 3 rings (SSSR count). The van der Waals surface area contributed by atoms with Crippen molar-refractivity contribution in [2.24, 2.45) is 0 Å². The fourth-order valence-electron chi connectivity index (χ4n) is 1.96. The summed E-state index contributed by atoms with van der Waals surface area (Å²) in [5.74, 6) is 0.566. The molecule has 0 saturated heterocycles. The van der Waals surface area contributed by atoms with Gasteiger partial charge in [-0.1, -0.05) is 33.6 Å². The Balaban J connectivity index is 2.14. The van der Waals surface area contributed by atoms with Crippen molar-refractivity contribution < 1.29 is 0 Å². The van der Waals surface area contributed by atoms with Gasteiger partial charge in [0.2, 0.25) is 0 Å². The molecule has 3 aromatic rings. The molecule has 0 amide bonds. The van der Waals surface area contributed by atoms with E-state index in [4.69, 9.17) is 17.3 Å². The second-order valence-electron chi connectivity index (χ2n) is 4.59. The van der Waals surface area contributed by atoms with Gasteiger partial charge in [0.15, 0.2) is 5.82 Å². The predicted molar refractivity (Wildman–Crippen MR) is 86.4 cm³/mol. The lowest BCUT2D eigenvalue weighted by Crippen LogP contribution is -2.01. The molecule has 106 valence electrons. The van der Waals surface area contributed by atoms with E-state index < -0.39 is 0 Å². The molecule has 0 bridgehead atoms. The number of benzene rings is 2. The molecule has 0 aliphatic carbocycles. The SMILES string of the molecule is Cc1ccc(-n2nnnc2-c2ccc(N)cc2Cl)cc1Br. The van der Waals surface area contributed by atoms with E-state index in [0.29, 0.717) is 16.5 Å². The number of halogens is 2. The number of hydrogen-bond donors (Lipinski definition) is 1. The molecule has 21 heavy (non-hydrogen) atoms. The van der Waals surface area contributed by atoms with Gasteiger partial charge in [-0.3, -0.25) is 0 Å². The minimum absolute atomic E-state index is 0.511. The number of hydrogen-bond acceptors (Lipinski definition) is 4. The number of aryl methyl sites for hydroxylation is 1. The van der Waals surface area contributed by atoms with Crippen molar-refractivity contribution >= 4 is 33.2 Å². The minimum Gasteiger partial charge on any atom is -0.399 e. The van der Waals surface area contributed by atoms with Gasteiger partial charge < -0.3 is 5.73 Å². The molecule has 0 radical (unpaired) electrons. The number of nitrogens with zero attached hydrogens (tertiary/aromatic N) is 4. The lowest BCUT2D eigenvalue weighted by atomic mass is 10.2. The van der Waals surface area contributed by atoms with E-state index >= 15 is 0 Å². The third kappa shape index (κ3) is 2.64. The molecule has 1 aromatic heterocycles. The second-order valence-corrected chi connectivity index (χ2v) is 5.85. The van der Waals surface area contributed by atoms with Gasteiger partial charge >= 0.3 is 0 Å². The Labute approximate surface area is 134 Å². The smallest absolute Gasteiger partial charge is 0.188 e. The lowest BCUT2D eigenvalue weighted by molar-refractivity contribution is 0.790. The van der Waals surface area contributed by atoms with Gasteiger partial charge in [0.25, 0.3) is 0 Å². The fourth-order valence-corrected chi connectivity index (χ4v) is 2.60. The number of anilines is 1. The Hall–Kier alpha value is -1.92. The first kappa shape index (κ1) is 14.0. The van der Waals surface area contributed by atoms with Crippen LogP contribution in [-0.4, -0.2) is 20.2 Å². The molecule has 1 heterocycles. The van der Waals surface area contributed by atoms with Gasteiger partial charge in [-0.05, 0) is 53.2 Å². The van der Waals surface area contributed by atoms with Crippen LogP contribution in [0.2, 0.25) is 5.02 Å². The first-order chi connectivity index (χ1) is 10.1. The van der Waals surface area contributed by atoms with E-state index in [1.165, 1.54) is 0 Å². The molecular weight excluding hydrogens is 354 g/mol. The summed E-state index contributed by atoms with van der Waals surface area (Å²) in [6.07, 6.45) is 0. The molecule has 0 unspecified atom stereocenters. The van der Waals surface area contributed by atoms with E-state index in [2.05, 4.69) is 31.5 Å². The van der Waals surface area contributed by atoms with Crippen LogP contribution in [0.15, 0.2) is 40.9 Å². The summed E-state index contributed by atoms with van der Waals surface area (Å²) in [5, 5.41) is 12.4. The second kappa shape index (κ2) is 5.46. The maximum Gasteiger partial charge on any atom is 0.188 e. The highest BCUT2D eigenvalue weighted by Gasteiger charge is 2.14. The Morgan fingerprint density at radius 2 is 2.00 bits per heavy atom. The van der Waals surface area contributed by atoms with Crippen molar-refractivity contribution in [2.75, 3.05) is 5.73 Å². The first-order valence-electron chi connectivity index (χ1n) is 6.16. The van der Waals surface area contributed by atoms with Crippen LogP contribution in [0.3, 0.4) is 0 Å². The Morgan fingerprint density at radius 3 is 2.71 bits per heavy atom. The molecule has 0 aliphatic heterocycles. The van der Waals surface area contributed by atoms with E-state index in [0.717, 1.165) is 21.3 Å².